The Bertz CT molecular complexity index is 852. The van der Waals surface area contributed by atoms with E-state index >= 15 is 0 Å². The van der Waals surface area contributed by atoms with Gasteiger partial charge in [-0.15, -0.1) is 0 Å². The monoisotopic (exact) mass is 352 g/mol. The van der Waals surface area contributed by atoms with Gasteiger partial charge >= 0.3 is 5.69 Å². The van der Waals surface area contributed by atoms with E-state index in [4.69, 9.17) is 5.73 Å². The van der Waals surface area contributed by atoms with Gasteiger partial charge in [0.1, 0.15) is 11.6 Å². The number of para-hydroxylation sites is 1. The number of nitrogens with zero attached hydrogens (tertiary/aromatic N) is 3. The minimum absolute atomic E-state index is 0.00136. The number of aromatic nitrogens is 2. The van der Waals surface area contributed by atoms with Crippen LogP contribution in [-0.4, -0.2) is 20.5 Å². The van der Waals surface area contributed by atoms with E-state index in [-0.39, 0.29) is 17.3 Å². The molecule has 0 spiro atoms. The molecule has 0 aliphatic heterocycles. The molecule has 0 saturated heterocycles. The lowest BCUT2D eigenvalue weighted by Crippen LogP contribution is -2.37. The molecular formula is C13H13BrN4O3. The number of phenols is 1. The van der Waals surface area contributed by atoms with Gasteiger partial charge in [-0.3, -0.25) is 13.9 Å². The van der Waals surface area contributed by atoms with Crippen molar-refractivity contribution in [1.82, 2.24) is 9.13 Å². The van der Waals surface area contributed by atoms with Crippen LogP contribution in [-0.2, 0) is 14.1 Å². The standard InChI is InChI=1S/C13H13BrN4O3/c1-17-11(15)9(12(20)18(2)13(17)21)16-6-7-4-3-5-8(14)10(7)19/h3-6,19H,15H2,1-2H3. The highest BCUT2D eigenvalue weighted by atomic mass is 79.9. The summed E-state index contributed by atoms with van der Waals surface area (Å²) in [5, 5.41) is 9.86. The molecule has 7 nitrogen and oxygen atoms in total. The molecule has 2 aromatic rings. The van der Waals surface area contributed by atoms with Gasteiger partial charge in [-0.05, 0) is 28.1 Å². The van der Waals surface area contributed by atoms with Crippen molar-refractivity contribution in [3.8, 4) is 5.75 Å². The minimum Gasteiger partial charge on any atom is -0.506 e. The zero-order valence-electron chi connectivity index (χ0n) is 11.4. The predicted octanol–water partition coefficient (Wildman–Crippen LogP) is 0.885. The summed E-state index contributed by atoms with van der Waals surface area (Å²) >= 11 is 3.19. The van der Waals surface area contributed by atoms with E-state index in [1.54, 1.807) is 18.2 Å². The van der Waals surface area contributed by atoms with Gasteiger partial charge < -0.3 is 10.8 Å². The first kappa shape index (κ1) is 15.0. The smallest absolute Gasteiger partial charge is 0.332 e. The Kier molecular flexibility index (Phi) is 3.99. The molecule has 110 valence electrons. The molecular weight excluding hydrogens is 340 g/mol. The molecule has 0 aliphatic carbocycles. The van der Waals surface area contributed by atoms with Crippen molar-refractivity contribution in [2.75, 3.05) is 5.73 Å². The van der Waals surface area contributed by atoms with Crippen molar-refractivity contribution < 1.29 is 5.11 Å². The van der Waals surface area contributed by atoms with Gasteiger partial charge in [0.2, 0.25) is 0 Å². The lowest BCUT2D eigenvalue weighted by Gasteiger charge is -2.08. The SMILES string of the molecule is Cn1c(N)c(N=Cc2cccc(Br)c2O)c(=O)n(C)c1=O. The van der Waals surface area contributed by atoms with E-state index in [1.165, 1.54) is 20.3 Å². The summed E-state index contributed by atoms with van der Waals surface area (Å²) in [4.78, 5) is 27.7. The predicted molar refractivity (Wildman–Crippen MR) is 84.4 cm³/mol. The summed E-state index contributed by atoms with van der Waals surface area (Å²) in [5.41, 5.74) is 4.99. The number of aliphatic imine (C=N–C) groups is 1. The van der Waals surface area contributed by atoms with Crippen molar-refractivity contribution in [2.24, 2.45) is 19.1 Å². The Labute approximate surface area is 128 Å². The van der Waals surface area contributed by atoms with Crippen LogP contribution in [0.5, 0.6) is 5.75 Å². The van der Waals surface area contributed by atoms with Crippen molar-refractivity contribution in [1.29, 1.82) is 0 Å². The number of anilines is 1. The van der Waals surface area contributed by atoms with Gasteiger partial charge in [0.05, 0.1) is 4.47 Å². The van der Waals surface area contributed by atoms with Gasteiger partial charge in [-0.25, -0.2) is 9.79 Å². The van der Waals surface area contributed by atoms with Crippen LogP contribution >= 0.6 is 15.9 Å². The normalized spacial score (nSPS) is 11.2. The van der Waals surface area contributed by atoms with Crippen LogP contribution in [0.25, 0.3) is 0 Å². The highest BCUT2D eigenvalue weighted by Crippen LogP contribution is 2.26. The molecule has 2 rings (SSSR count). The van der Waals surface area contributed by atoms with Crippen LogP contribution < -0.4 is 17.0 Å². The van der Waals surface area contributed by atoms with E-state index in [1.807, 2.05) is 0 Å². The molecule has 0 bridgehead atoms. The number of benzene rings is 1. The second kappa shape index (κ2) is 5.57. The summed E-state index contributed by atoms with van der Waals surface area (Å²) in [6.07, 6.45) is 1.32. The number of halogens is 1. The van der Waals surface area contributed by atoms with Crippen LogP contribution in [0.1, 0.15) is 5.56 Å². The average molecular weight is 353 g/mol. The van der Waals surface area contributed by atoms with Crippen molar-refractivity contribution in [3.63, 3.8) is 0 Å². The molecule has 0 aliphatic rings. The first-order valence-corrected chi connectivity index (χ1v) is 6.71. The third-order valence-electron chi connectivity index (χ3n) is 3.04. The second-order valence-electron chi connectivity index (χ2n) is 4.38. The number of rotatable bonds is 2. The zero-order chi connectivity index (χ0) is 15.7. The highest BCUT2D eigenvalue weighted by Gasteiger charge is 2.12. The lowest BCUT2D eigenvalue weighted by molar-refractivity contribution is 0.471. The molecule has 1 aromatic heterocycles. The van der Waals surface area contributed by atoms with Gasteiger partial charge in [0, 0.05) is 25.9 Å². The Balaban J connectivity index is 2.60. The Hall–Kier alpha value is -2.35. The summed E-state index contributed by atoms with van der Waals surface area (Å²) in [6.45, 7) is 0. The van der Waals surface area contributed by atoms with Gasteiger partial charge in [-0.2, -0.15) is 0 Å². The maximum atomic E-state index is 12.0. The lowest BCUT2D eigenvalue weighted by atomic mass is 10.2. The number of hydrogen-bond donors (Lipinski definition) is 2. The van der Waals surface area contributed by atoms with Gasteiger partial charge in [0.15, 0.2) is 5.69 Å². The average Bonchev–Trinajstić information content (AvgIpc) is 2.47. The molecule has 0 fully saturated rings. The first-order chi connectivity index (χ1) is 9.84. The van der Waals surface area contributed by atoms with E-state index in [2.05, 4.69) is 20.9 Å². The minimum atomic E-state index is -0.596. The fraction of sp³-hybridized carbons (Fsp3) is 0.154. The topological polar surface area (TPSA) is 103 Å². The van der Waals surface area contributed by atoms with Crippen LogP contribution in [0, 0.1) is 0 Å². The summed E-state index contributed by atoms with van der Waals surface area (Å²) in [5.74, 6) is -0.0321. The molecule has 3 N–H and O–H groups in total. The van der Waals surface area contributed by atoms with Gasteiger partial charge in [0.25, 0.3) is 5.56 Å². The second-order valence-corrected chi connectivity index (χ2v) is 5.23. The first-order valence-electron chi connectivity index (χ1n) is 5.91. The number of nitrogens with two attached hydrogens (primary N) is 1. The molecule has 0 unspecified atom stereocenters. The van der Waals surface area contributed by atoms with Crippen LogP contribution in [0.2, 0.25) is 0 Å². The van der Waals surface area contributed by atoms with E-state index in [0.717, 1.165) is 9.13 Å². The number of phenolic OH excluding ortho intramolecular Hbond substituents is 1. The third-order valence-corrected chi connectivity index (χ3v) is 3.68. The van der Waals surface area contributed by atoms with E-state index < -0.39 is 11.2 Å². The molecule has 1 heterocycles. The summed E-state index contributed by atoms with van der Waals surface area (Å²) < 4.78 is 2.56. The van der Waals surface area contributed by atoms with Gasteiger partial charge in [-0.1, -0.05) is 6.07 Å². The van der Waals surface area contributed by atoms with Crippen molar-refractivity contribution in [2.45, 2.75) is 0 Å². The molecule has 8 heteroatoms. The van der Waals surface area contributed by atoms with Crippen molar-refractivity contribution >= 4 is 33.6 Å². The number of aromatic hydroxyl groups is 1. The fourth-order valence-corrected chi connectivity index (χ4v) is 2.12. The molecule has 0 amide bonds. The Morgan fingerprint density at radius 1 is 1.29 bits per heavy atom. The fourth-order valence-electron chi connectivity index (χ4n) is 1.73. The number of hydrogen-bond acceptors (Lipinski definition) is 5. The van der Waals surface area contributed by atoms with E-state index in [0.29, 0.717) is 10.0 Å². The van der Waals surface area contributed by atoms with Crippen molar-refractivity contribution in [3.05, 3.63) is 49.1 Å². The molecule has 1 aromatic carbocycles. The highest BCUT2D eigenvalue weighted by molar-refractivity contribution is 9.10. The molecule has 0 atom stereocenters. The van der Waals surface area contributed by atoms with Crippen LogP contribution in [0.3, 0.4) is 0 Å². The maximum Gasteiger partial charge on any atom is 0.332 e. The van der Waals surface area contributed by atoms with E-state index in [9.17, 15) is 14.7 Å². The third kappa shape index (κ3) is 2.62. The molecule has 0 saturated carbocycles. The summed E-state index contributed by atoms with van der Waals surface area (Å²) in [6, 6.07) is 5.02. The molecule has 0 radical (unpaired) electrons. The molecule has 21 heavy (non-hydrogen) atoms. The maximum absolute atomic E-state index is 12.0. The largest absolute Gasteiger partial charge is 0.506 e. The zero-order valence-corrected chi connectivity index (χ0v) is 13.0. The summed E-state index contributed by atoms with van der Waals surface area (Å²) in [7, 11) is 2.80. The number of nitrogen functional groups attached to an aromatic ring is 1. The van der Waals surface area contributed by atoms with Crippen LogP contribution in [0.4, 0.5) is 11.5 Å². The Morgan fingerprint density at radius 2 is 1.95 bits per heavy atom. The quantitative estimate of drug-likeness (QED) is 0.783. The van der Waals surface area contributed by atoms with Crippen LogP contribution in [0.15, 0.2) is 37.3 Å². The Morgan fingerprint density at radius 3 is 2.62 bits per heavy atom.